The third kappa shape index (κ3) is 4.36. The summed E-state index contributed by atoms with van der Waals surface area (Å²) in [6, 6.07) is 11.1. The van der Waals surface area contributed by atoms with Crippen molar-refractivity contribution in [3.05, 3.63) is 68.3 Å². The van der Waals surface area contributed by atoms with Gasteiger partial charge < -0.3 is 14.5 Å². The van der Waals surface area contributed by atoms with E-state index in [0.717, 1.165) is 4.57 Å². The summed E-state index contributed by atoms with van der Waals surface area (Å²) < 4.78 is 7.46. The van der Waals surface area contributed by atoms with Crippen molar-refractivity contribution >= 4 is 34.3 Å². The molecular weight excluding hydrogens is 448 g/mol. The predicted octanol–water partition coefficient (Wildman–Crippen LogP) is 1.51. The van der Waals surface area contributed by atoms with E-state index < -0.39 is 11.2 Å². The van der Waals surface area contributed by atoms with Crippen LogP contribution in [-0.2, 0) is 16.1 Å². The van der Waals surface area contributed by atoms with E-state index in [1.54, 1.807) is 46.2 Å². The number of methoxy groups -OCH3 is 1. The van der Waals surface area contributed by atoms with Crippen LogP contribution in [0.1, 0.15) is 6.92 Å². The molecule has 1 aliphatic heterocycles. The van der Waals surface area contributed by atoms with Gasteiger partial charge in [0.15, 0.2) is 0 Å². The SMILES string of the molecule is COc1ccc(-n2c(=O)c3ccc(Cl)cc3n(CC(=O)N3CCN(C(C)=O)CC3)c2=O)cc1. The Morgan fingerprint density at radius 3 is 2.21 bits per heavy atom. The van der Waals surface area contributed by atoms with Crippen molar-refractivity contribution in [3.8, 4) is 11.4 Å². The number of piperazine rings is 1. The van der Waals surface area contributed by atoms with Crippen molar-refractivity contribution < 1.29 is 14.3 Å². The second-order valence-corrected chi connectivity index (χ2v) is 8.19. The Morgan fingerprint density at radius 1 is 0.970 bits per heavy atom. The zero-order valence-corrected chi connectivity index (χ0v) is 19.0. The van der Waals surface area contributed by atoms with Gasteiger partial charge in [-0.1, -0.05) is 11.6 Å². The van der Waals surface area contributed by atoms with Gasteiger partial charge in [-0.05, 0) is 42.5 Å². The fraction of sp³-hybridized carbons (Fsp3) is 0.304. The van der Waals surface area contributed by atoms with Crippen molar-refractivity contribution in [3.63, 3.8) is 0 Å². The zero-order chi connectivity index (χ0) is 23.7. The van der Waals surface area contributed by atoms with Crippen molar-refractivity contribution in [2.75, 3.05) is 33.3 Å². The lowest BCUT2D eigenvalue weighted by atomic mass is 10.2. The number of halogens is 1. The molecule has 3 aromatic rings. The molecule has 0 N–H and O–H groups in total. The number of amides is 2. The van der Waals surface area contributed by atoms with Crippen LogP contribution in [0.3, 0.4) is 0 Å². The predicted molar refractivity (Wildman–Crippen MR) is 124 cm³/mol. The normalized spacial score (nSPS) is 13.9. The molecule has 0 saturated carbocycles. The lowest BCUT2D eigenvalue weighted by Gasteiger charge is -2.34. The molecule has 1 saturated heterocycles. The minimum absolute atomic E-state index is 0.0366. The number of carbonyl (C=O) groups is 2. The molecule has 1 aliphatic rings. The van der Waals surface area contributed by atoms with Crippen molar-refractivity contribution in [1.29, 1.82) is 0 Å². The van der Waals surface area contributed by atoms with Crippen LogP contribution in [0.5, 0.6) is 5.75 Å². The summed E-state index contributed by atoms with van der Waals surface area (Å²) in [5.74, 6) is 0.270. The standard InChI is InChI=1S/C23H23ClN4O5/c1-15(29)25-9-11-26(12-10-25)21(30)14-27-20-13-16(24)3-8-19(20)22(31)28(23(27)32)17-4-6-18(33-2)7-5-17/h3-8,13H,9-12,14H2,1-2H3. The lowest BCUT2D eigenvalue weighted by molar-refractivity contribution is -0.138. The fourth-order valence-electron chi connectivity index (χ4n) is 3.96. The van der Waals surface area contributed by atoms with Crippen molar-refractivity contribution in [2.45, 2.75) is 13.5 Å². The molecule has 172 valence electrons. The molecule has 0 unspecified atom stereocenters. The molecule has 2 heterocycles. The van der Waals surface area contributed by atoms with E-state index in [2.05, 4.69) is 0 Å². The van der Waals surface area contributed by atoms with Gasteiger partial charge >= 0.3 is 5.69 Å². The highest BCUT2D eigenvalue weighted by Crippen LogP contribution is 2.18. The molecule has 2 amide bonds. The third-order valence-corrected chi connectivity index (χ3v) is 6.04. The van der Waals surface area contributed by atoms with Gasteiger partial charge in [0.05, 0.1) is 23.7 Å². The topological polar surface area (TPSA) is 93.8 Å². The van der Waals surface area contributed by atoms with Crippen LogP contribution in [0.4, 0.5) is 0 Å². The van der Waals surface area contributed by atoms with Gasteiger partial charge in [0.1, 0.15) is 12.3 Å². The van der Waals surface area contributed by atoms with Crippen molar-refractivity contribution in [2.24, 2.45) is 0 Å². The van der Waals surface area contributed by atoms with E-state index in [9.17, 15) is 19.2 Å². The lowest BCUT2D eigenvalue weighted by Crippen LogP contribution is -2.51. The van der Waals surface area contributed by atoms with Crippen LogP contribution in [0, 0.1) is 0 Å². The summed E-state index contributed by atoms with van der Waals surface area (Å²) in [7, 11) is 1.52. The number of carbonyl (C=O) groups excluding carboxylic acids is 2. The number of ether oxygens (including phenoxy) is 1. The van der Waals surface area contributed by atoms with E-state index >= 15 is 0 Å². The van der Waals surface area contributed by atoms with Crippen LogP contribution in [-0.4, -0.2) is 64.0 Å². The number of hydrogen-bond acceptors (Lipinski definition) is 5. The molecule has 4 rings (SSSR count). The average Bonchev–Trinajstić information content (AvgIpc) is 2.82. The molecule has 0 radical (unpaired) electrons. The van der Waals surface area contributed by atoms with Gasteiger partial charge in [0, 0.05) is 38.1 Å². The molecule has 2 aromatic carbocycles. The molecular formula is C23H23ClN4O5. The minimum Gasteiger partial charge on any atom is -0.497 e. The largest absolute Gasteiger partial charge is 0.497 e. The molecule has 1 aromatic heterocycles. The molecule has 9 nitrogen and oxygen atoms in total. The van der Waals surface area contributed by atoms with Crippen LogP contribution in [0.25, 0.3) is 16.6 Å². The maximum absolute atomic E-state index is 13.5. The Morgan fingerprint density at radius 2 is 1.61 bits per heavy atom. The second kappa shape index (κ2) is 9.11. The fourth-order valence-corrected chi connectivity index (χ4v) is 4.12. The van der Waals surface area contributed by atoms with Crippen molar-refractivity contribution in [1.82, 2.24) is 18.9 Å². The molecule has 0 atom stereocenters. The Kier molecular flexibility index (Phi) is 6.24. The summed E-state index contributed by atoms with van der Waals surface area (Å²) in [6.45, 7) is 2.87. The Hall–Kier alpha value is -3.59. The first kappa shape index (κ1) is 22.6. The number of benzene rings is 2. The van der Waals surface area contributed by atoms with E-state index in [1.165, 1.54) is 24.7 Å². The van der Waals surface area contributed by atoms with Crippen LogP contribution in [0.15, 0.2) is 52.1 Å². The first-order valence-electron chi connectivity index (χ1n) is 10.4. The van der Waals surface area contributed by atoms with Gasteiger partial charge in [0.2, 0.25) is 11.8 Å². The molecule has 10 heteroatoms. The second-order valence-electron chi connectivity index (χ2n) is 7.76. The summed E-state index contributed by atoms with van der Waals surface area (Å²) in [4.78, 5) is 54.6. The Labute approximate surface area is 194 Å². The van der Waals surface area contributed by atoms with E-state index in [0.29, 0.717) is 42.6 Å². The van der Waals surface area contributed by atoms with E-state index in [4.69, 9.17) is 16.3 Å². The summed E-state index contributed by atoms with van der Waals surface area (Å²) in [5, 5.41) is 0.615. The molecule has 0 spiro atoms. The zero-order valence-electron chi connectivity index (χ0n) is 18.3. The quantitative estimate of drug-likeness (QED) is 0.576. The number of aromatic nitrogens is 2. The highest BCUT2D eigenvalue weighted by atomic mass is 35.5. The van der Waals surface area contributed by atoms with E-state index in [1.807, 2.05) is 0 Å². The third-order valence-electron chi connectivity index (χ3n) is 5.81. The summed E-state index contributed by atoms with van der Waals surface area (Å²) in [6.07, 6.45) is 0. The summed E-state index contributed by atoms with van der Waals surface area (Å²) >= 11 is 6.15. The first-order chi connectivity index (χ1) is 15.8. The molecule has 0 bridgehead atoms. The van der Waals surface area contributed by atoms with Crippen LogP contribution >= 0.6 is 11.6 Å². The summed E-state index contributed by atoms with van der Waals surface area (Å²) in [5.41, 5.74) is -0.497. The van der Waals surface area contributed by atoms with Gasteiger partial charge in [0.25, 0.3) is 5.56 Å². The van der Waals surface area contributed by atoms with Gasteiger partial charge in [-0.2, -0.15) is 0 Å². The Bertz CT molecular complexity index is 1340. The van der Waals surface area contributed by atoms with E-state index in [-0.39, 0.29) is 29.3 Å². The number of hydrogen-bond donors (Lipinski definition) is 0. The Balaban J connectivity index is 1.77. The number of rotatable bonds is 4. The van der Waals surface area contributed by atoms with Crippen LogP contribution < -0.4 is 16.0 Å². The number of nitrogens with zero attached hydrogens (tertiary/aromatic N) is 4. The smallest absolute Gasteiger partial charge is 0.336 e. The maximum atomic E-state index is 13.5. The highest BCUT2D eigenvalue weighted by molar-refractivity contribution is 6.31. The average molecular weight is 471 g/mol. The minimum atomic E-state index is -0.643. The number of fused-ring (bicyclic) bond motifs is 1. The first-order valence-corrected chi connectivity index (χ1v) is 10.8. The van der Waals surface area contributed by atoms with Crippen LogP contribution in [0.2, 0.25) is 5.02 Å². The monoisotopic (exact) mass is 470 g/mol. The van der Waals surface area contributed by atoms with Gasteiger partial charge in [-0.15, -0.1) is 0 Å². The van der Waals surface area contributed by atoms with Gasteiger partial charge in [-0.3, -0.25) is 19.0 Å². The molecule has 1 fully saturated rings. The molecule has 0 aliphatic carbocycles. The highest BCUT2D eigenvalue weighted by Gasteiger charge is 2.24. The molecule has 33 heavy (non-hydrogen) atoms. The van der Waals surface area contributed by atoms with Gasteiger partial charge in [-0.25, -0.2) is 9.36 Å². The maximum Gasteiger partial charge on any atom is 0.336 e.